The number of rotatable bonds is 8. The fourth-order valence-corrected chi connectivity index (χ4v) is 2.51. The van der Waals surface area contributed by atoms with E-state index in [1.807, 2.05) is 0 Å². The molecule has 2 rings (SSSR count). The lowest BCUT2D eigenvalue weighted by atomic mass is 10.2. The topological polar surface area (TPSA) is 56.2 Å². The summed E-state index contributed by atoms with van der Waals surface area (Å²) < 4.78 is 95.3. The van der Waals surface area contributed by atoms with E-state index >= 15 is 0 Å². The number of carbonyl (C=O) groups excluding carboxylic acids is 1. The Labute approximate surface area is 166 Å². The van der Waals surface area contributed by atoms with Gasteiger partial charge in [0.2, 0.25) is 0 Å². The highest BCUT2D eigenvalue weighted by Crippen LogP contribution is 2.34. The first-order valence-corrected chi connectivity index (χ1v) is 8.61. The molecule has 2 aromatic rings. The summed E-state index contributed by atoms with van der Waals surface area (Å²) in [5, 5.41) is 5.90. The second-order valence-electron chi connectivity index (χ2n) is 6.65. The van der Waals surface area contributed by atoms with E-state index < -0.39 is 54.9 Å². The van der Waals surface area contributed by atoms with Crippen molar-refractivity contribution in [3.05, 3.63) is 47.3 Å². The Hall–Kier alpha value is -2.63. The standard InChI is InChI=1S/C18H18F7N3O2/c1-10(2)28-14(18(23,24)25)13(7-26-28)15(29)27-12-5-3-4-11(6-12)8-30-9-17(21,22)16(19)20/h3-7,10,16H,8-9H2,1-2H3,(H,27,29). The molecule has 0 aliphatic carbocycles. The monoisotopic (exact) mass is 441 g/mol. The molecular formula is C18H18F7N3O2. The molecule has 0 unspecified atom stereocenters. The van der Waals surface area contributed by atoms with E-state index in [4.69, 9.17) is 0 Å². The van der Waals surface area contributed by atoms with Crippen LogP contribution in [0.2, 0.25) is 0 Å². The average molecular weight is 441 g/mol. The van der Waals surface area contributed by atoms with E-state index in [0.29, 0.717) is 4.68 Å². The van der Waals surface area contributed by atoms with Gasteiger partial charge in [0.1, 0.15) is 6.61 Å². The van der Waals surface area contributed by atoms with Crippen molar-refractivity contribution in [2.24, 2.45) is 0 Å². The minimum atomic E-state index is -4.82. The molecule has 166 valence electrons. The fraction of sp³-hybridized carbons (Fsp3) is 0.444. The molecule has 0 bridgehead atoms. The second kappa shape index (κ2) is 9.02. The number of nitrogens with one attached hydrogen (secondary N) is 1. The molecule has 5 nitrogen and oxygen atoms in total. The summed E-state index contributed by atoms with van der Waals surface area (Å²) in [4.78, 5) is 12.4. The van der Waals surface area contributed by atoms with Gasteiger partial charge < -0.3 is 10.1 Å². The number of halogens is 7. The Bertz CT molecular complexity index is 879. The van der Waals surface area contributed by atoms with Crippen molar-refractivity contribution in [1.29, 1.82) is 0 Å². The summed E-state index contributed by atoms with van der Waals surface area (Å²) in [6.07, 6.45) is -7.89. The lowest BCUT2D eigenvalue weighted by molar-refractivity contribution is -0.168. The molecule has 0 saturated carbocycles. The van der Waals surface area contributed by atoms with Crippen LogP contribution in [-0.2, 0) is 17.5 Å². The normalized spacial score (nSPS) is 12.6. The Balaban J connectivity index is 2.13. The van der Waals surface area contributed by atoms with Crippen molar-refractivity contribution in [1.82, 2.24) is 9.78 Å². The molecule has 1 heterocycles. The maximum Gasteiger partial charge on any atom is 0.433 e. The van der Waals surface area contributed by atoms with Crippen molar-refractivity contribution in [2.75, 3.05) is 11.9 Å². The SMILES string of the molecule is CC(C)n1ncc(C(=O)Nc2cccc(COCC(F)(F)C(F)F)c2)c1C(F)(F)F. The molecule has 12 heteroatoms. The molecule has 0 saturated heterocycles. The number of ether oxygens (including phenoxy) is 1. The lowest BCUT2D eigenvalue weighted by Gasteiger charge is -2.16. The zero-order valence-electron chi connectivity index (χ0n) is 15.8. The summed E-state index contributed by atoms with van der Waals surface area (Å²) in [6, 6.07) is 4.78. The van der Waals surface area contributed by atoms with Crippen LogP contribution in [0.5, 0.6) is 0 Å². The molecule has 0 radical (unpaired) electrons. The van der Waals surface area contributed by atoms with Gasteiger partial charge in [0.05, 0.1) is 18.4 Å². The van der Waals surface area contributed by atoms with Gasteiger partial charge in [-0.15, -0.1) is 0 Å². The number of anilines is 1. The van der Waals surface area contributed by atoms with Gasteiger partial charge in [-0.1, -0.05) is 12.1 Å². The second-order valence-corrected chi connectivity index (χ2v) is 6.65. The maximum absolute atomic E-state index is 13.4. The van der Waals surface area contributed by atoms with Crippen LogP contribution in [0.3, 0.4) is 0 Å². The minimum absolute atomic E-state index is 0.0622. The van der Waals surface area contributed by atoms with Gasteiger partial charge >= 0.3 is 18.5 Å². The predicted octanol–water partition coefficient (Wildman–Crippen LogP) is 5.15. The first-order valence-electron chi connectivity index (χ1n) is 8.61. The first kappa shape index (κ1) is 23.6. The van der Waals surface area contributed by atoms with Gasteiger partial charge in [0.25, 0.3) is 5.91 Å². The first-order chi connectivity index (χ1) is 13.8. The Kier molecular flexibility index (Phi) is 7.11. The van der Waals surface area contributed by atoms with Crippen molar-refractivity contribution in [3.8, 4) is 0 Å². The van der Waals surface area contributed by atoms with E-state index in [2.05, 4.69) is 15.2 Å². The van der Waals surface area contributed by atoms with Crippen LogP contribution in [0.25, 0.3) is 0 Å². The molecule has 30 heavy (non-hydrogen) atoms. The summed E-state index contributed by atoms with van der Waals surface area (Å²) >= 11 is 0. The summed E-state index contributed by atoms with van der Waals surface area (Å²) in [6.45, 7) is 0.978. The van der Waals surface area contributed by atoms with Gasteiger partial charge in [-0.2, -0.15) is 27.1 Å². The highest BCUT2D eigenvalue weighted by atomic mass is 19.4. The number of amides is 1. The number of nitrogens with zero attached hydrogens (tertiary/aromatic N) is 2. The molecule has 0 aliphatic heterocycles. The van der Waals surface area contributed by atoms with Crippen LogP contribution in [0.4, 0.5) is 36.4 Å². The molecule has 1 aromatic heterocycles. The van der Waals surface area contributed by atoms with Gasteiger partial charge in [-0.25, -0.2) is 8.78 Å². The highest BCUT2D eigenvalue weighted by molar-refractivity contribution is 6.05. The highest BCUT2D eigenvalue weighted by Gasteiger charge is 2.41. The van der Waals surface area contributed by atoms with E-state index in [1.54, 1.807) is 0 Å². The molecular weight excluding hydrogens is 423 g/mol. The Morgan fingerprint density at radius 3 is 2.43 bits per heavy atom. The van der Waals surface area contributed by atoms with E-state index in [1.165, 1.54) is 38.1 Å². The lowest BCUT2D eigenvalue weighted by Crippen LogP contribution is -2.32. The van der Waals surface area contributed by atoms with Crippen LogP contribution in [0, 0.1) is 0 Å². The zero-order valence-corrected chi connectivity index (χ0v) is 15.8. The van der Waals surface area contributed by atoms with Gasteiger partial charge in [-0.05, 0) is 31.5 Å². The quantitative estimate of drug-likeness (QED) is 0.577. The number of carbonyl (C=O) groups is 1. The number of benzene rings is 1. The third-order valence-electron chi connectivity index (χ3n) is 3.87. The van der Waals surface area contributed by atoms with E-state index in [-0.39, 0.29) is 11.3 Å². The van der Waals surface area contributed by atoms with Crippen LogP contribution < -0.4 is 5.32 Å². The third kappa shape index (κ3) is 5.71. The number of hydrogen-bond donors (Lipinski definition) is 1. The fourth-order valence-electron chi connectivity index (χ4n) is 2.51. The van der Waals surface area contributed by atoms with Gasteiger partial charge in [0, 0.05) is 11.7 Å². The van der Waals surface area contributed by atoms with E-state index in [9.17, 15) is 35.5 Å². The smallest absolute Gasteiger partial charge is 0.370 e. The Morgan fingerprint density at radius 1 is 1.20 bits per heavy atom. The van der Waals surface area contributed by atoms with Crippen molar-refractivity contribution >= 4 is 11.6 Å². The zero-order chi connectivity index (χ0) is 22.7. The van der Waals surface area contributed by atoms with Gasteiger partial charge in [0.15, 0.2) is 5.69 Å². The molecule has 1 aromatic carbocycles. The van der Waals surface area contributed by atoms with Crippen molar-refractivity contribution in [2.45, 2.75) is 45.0 Å². The average Bonchev–Trinajstić information content (AvgIpc) is 3.08. The number of aromatic nitrogens is 2. The van der Waals surface area contributed by atoms with E-state index in [0.717, 1.165) is 6.20 Å². The third-order valence-corrected chi connectivity index (χ3v) is 3.87. The summed E-state index contributed by atoms with van der Waals surface area (Å²) in [7, 11) is 0. The van der Waals surface area contributed by atoms with Crippen molar-refractivity contribution in [3.63, 3.8) is 0 Å². The minimum Gasteiger partial charge on any atom is -0.370 e. The van der Waals surface area contributed by atoms with Crippen LogP contribution >= 0.6 is 0 Å². The Morgan fingerprint density at radius 2 is 1.87 bits per heavy atom. The number of alkyl halides is 7. The van der Waals surface area contributed by atoms with Gasteiger partial charge in [-0.3, -0.25) is 9.48 Å². The van der Waals surface area contributed by atoms with Crippen LogP contribution in [-0.4, -0.2) is 34.6 Å². The van der Waals surface area contributed by atoms with Crippen LogP contribution in [0.1, 0.15) is 41.5 Å². The van der Waals surface area contributed by atoms with Crippen LogP contribution in [0.15, 0.2) is 30.5 Å². The van der Waals surface area contributed by atoms with Crippen molar-refractivity contribution < 1.29 is 40.3 Å². The molecule has 0 spiro atoms. The molecule has 0 atom stereocenters. The summed E-state index contributed by atoms with van der Waals surface area (Å²) in [5.41, 5.74) is -1.59. The molecule has 0 fully saturated rings. The largest absolute Gasteiger partial charge is 0.433 e. The maximum atomic E-state index is 13.4. The summed E-state index contributed by atoms with van der Waals surface area (Å²) in [5.74, 6) is -5.38. The number of hydrogen-bond acceptors (Lipinski definition) is 3. The predicted molar refractivity (Wildman–Crippen MR) is 92.6 cm³/mol. The molecule has 0 aliphatic rings. The molecule has 1 amide bonds. The molecule has 1 N–H and O–H groups in total.